The largest absolute Gasteiger partial charge is 0.353 e. The highest BCUT2D eigenvalue weighted by atomic mass is 19.1. The summed E-state index contributed by atoms with van der Waals surface area (Å²) < 4.78 is 14.0. The Morgan fingerprint density at radius 2 is 1.86 bits per heavy atom. The summed E-state index contributed by atoms with van der Waals surface area (Å²) in [6.07, 6.45) is 1.87. The number of rotatable bonds is 6. The van der Waals surface area contributed by atoms with E-state index in [2.05, 4.69) is 10.6 Å². The van der Waals surface area contributed by atoms with Crippen molar-refractivity contribution in [2.45, 2.75) is 37.4 Å². The predicted octanol–water partition coefficient (Wildman–Crippen LogP) is 2.32. The number of halogens is 1. The number of piperazine rings is 1. The molecule has 2 aliphatic rings. The Hall–Kier alpha value is -2.73. The van der Waals surface area contributed by atoms with E-state index in [1.54, 1.807) is 18.2 Å². The smallest absolute Gasteiger partial charge is 0.237 e. The molecule has 1 saturated carbocycles. The molecule has 2 N–H and O–H groups in total. The van der Waals surface area contributed by atoms with Crippen molar-refractivity contribution in [1.29, 1.82) is 0 Å². The molecule has 2 fully saturated rings. The molecule has 1 heterocycles. The second-order valence-electron chi connectivity index (χ2n) is 7.57. The molecular formula is C22H24FN3O2. The number of nitrogens with one attached hydrogen (secondary N) is 2. The second-order valence-corrected chi connectivity index (χ2v) is 7.57. The van der Waals surface area contributed by atoms with E-state index in [1.165, 1.54) is 6.07 Å². The average Bonchev–Trinajstić information content (AvgIpc) is 3.47. The molecule has 0 spiro atoms. The number of hydrogen-bond acceptors (Lipinski definition) is 3. The van der Waals surface area contributed by atoms with Crippen molar-refractivity contribution in [3.8, 4) is 0 Å². The van der Waals surface area contributed by atoms with Crippen LogP contribution >= 0.6 is 0 Å². The van der Waals surface area contributed by atoms with E-state index >= 15 is 0 Å². The average molecular weight is 381 g/mol. The third-order valence-electron chi connectivity index (χ3n) is 5.61. The van der Waals surface area contributed by atoms with Crippen LogP contribution in [0.1, 0.15) is 30.4 Å². The summed E-state index contributed by atoms with van der Waals surface area (Å²) in [6.45, 7) is 1.39. The SMILES string of the molecule is O=C(CC1C(=O)NCCN1Cc1ccccc1F)NC1(c2ccccc2)CC1. The summed E-state index contributed by atoms with van der Waals surface area (Å²) in [5.41, 5.74) is 1.32. The molecule has 4 rings (SSSR count). The zero-order valence-electron chi connectivity index (χ0n) is 15.7. The molecule has 0 aromatic heterocycles. The highest BCUT2D eigenvalue weighted by molar-refractivity contribution is 5.89. The number of carbonyl (C=O) groups is 2. The Kier molecular flexibility index (Phi) is 5.13. The normalized spacial score (nSPS) is 21.0. The van der Waals surface area contributed by atoms with Gasteiger partial charge in [-0.15, -0.1) is 0 Å². The number of carbonyl (C=O) groups excluding carboxylic acids is 2. The number of hydrogen-bond donors (Lipinski definition) is 2. The fourth-order valence-corrected chi connectivity index (χ4v) is 3.88. The Balaban J connectivity index is 1.44. The van der Waals surface area contributed by atoms with E-state index < -0.39 is 6.04 Å². The van der Waals surface area contributed by atoms with Crippen LogP contribution in [-0.4, -0.2) is 35.8 Å². The molecular weight excluding hydrogens is 357 g/mol. The highest BCUT2D eigenvalue weighted by Gasteiger charge is 2.46. The van der Waals surface area contributed by atoms with Crippen LogP contribution in [0.15, 0.2) is 54.6 Å². The lowest BCUT2D eigenvalue weighted by atomic mass is 10.0. The molecule has 2 amide bonds. The molecule has 146 valence electrons. The van der Waals surface area contributed by atoms with Crippen LogP contribution in [0, 0.1) is 5.82 Å². The molecule has 5 nitrogen and oxygen atoms in total. The van der Waals surface area contributed by atoms with Gasteiger partial charge in [-0.25, -0.2) is 4.39 Å². The molecule has 1 saturated heterocycles. The second kappa shape index (κ2) is 7.72. The van der Waals surface area contributed by atoms with Crippen LogP contribution < -0.4 is 10.6 Å². The molecule has 1 aliphatic heterocycles. The number of benzene rings is 2. The maximum Gasteiger partial charge on any atom is 0.237 e. The van der Waals surface area contributed by atoms with Crippen LogP contribution in [0.5, 0.6) is 0 Å². The van der Waals surface area contributed by atoms with Gasteiger partial charge in [-0.2, -0.15) is 0 Å². The lowest BCUT2D eigenvalue weighted by Crippen LogP contribution is -2.56. The molecule has 2 aromatic rings. The summed E-state index contributed by atoms with van der Waals surface area (Å²) >= 11 is 0. The highest BCUT2D eigenvalue weighted by Crippen LogP contribution is 2.45. The van der Waals surface area contributed by atoms with Gasteiger partial charge in [0.25, 0.3) is 0 Å². The van der Waals surface area contributed by atoms with E-state index in [9.17, 15) is 14.0 Å². The van der Waals surface area contributed by atoms with Gasteiger partial charge in [0, 0.05) is 25.2 Å². The van der Waals surface area contributed by atoms with Crippen LogP contribution in [-0.2, 0) is 21.7 Å². The lowest BCUT2D eigenvalue weighted by Gasteiger charge is -2.35. The standard InChI is InChI=1S/C22H24FN3O2/c23-18-9-5-4-6-16(18)15-26-13-12-24-21(28)19(26)14-20(27)25-22(10-11-22)17-7-2-1-3-8-17/h1-9,19H,10-15H2,(H,24,28)(H,25,27). The van der Waals surface area contributed by atoms with Gasteiger partial charge in [0.05, 0.1) is 18.0 Å². The first-order valence-electron chi connectivity index (χ1n) is 9.69. The summed E-state index contributed by atoms with van der Waals surface area (Å²) in [7, 11) is 0. The first kappa shape index (κ1) is 18.6. The quantitative estimate of drug-likeness (QED) is 0.807. The van der Waals surface area contributed by atoms with Gasteiger partial charge in [0.15, 0.2) is 0 Å². The maximum absolute atomic E-state index is 14.0. The van der Waals surface area contributed by atoms with Crippen molar-refractivity contribution in [2.75, 3.05) is 13.1 Å². The van der Waals surface area contributed by atoms with E-state index in [4.69, 9.17) is 0 Å². The van der Waals surface area contributed by atoms with Crippen molar-refractivity contribution in [1.82, 2.24) is 15.5 Å². The van der Waals surface area contributed by atoms with Crippen molar-refractivity contribution >= 4 is 11.8 Å². The first-order chi connectivity index (χ1) is 13.6. The Morgan fingerprint density at radius 1 is 1.14 bits per heavy atom. The van der Waals surface area contributed by atoms with Gasteiger partial charge in [-0.3, -0.25) is 14.5 Å². The third kappa shape index (κ3) is 3.92. The molecule has 0 radical (unpaired) electrons. The van der Waals surface area contributed by atoms with Gasteiger partial charge < -0.3 is 10.6 Å². The van der Waals surface area contributed by atoms with Crippen molar-refractivity contribution in [3.63, 3.8) is 0 Å². The molecule has 1 aliphatic carbocycles. The summed E-state index contributed by atoms with van der Waals surface area (Å²) in [5.74, 6) is -0.623. The van der Waals surface area contributed by atoms with Crippen molar-refractivity contribution in [3.05, 3.63) is 71.5 Å². The first-order valence-corrected chi connectivity index (χ1v) is 9.69. The Morgan fingerprint density at radius 3 is 2.57 bits per heavy atom. The molecule has 6 heteroatoms. The Bertz CT molecular complexity index is 867. The lowest BCUT2D eigenvalue weighted by molar-refractivity contribution is -0.134. The van der Waals surface area contributed by atoms with E-state index in [-0.39, 0.29) is 29.6 Å². The van der Waals surface area contributed by atoms with Crippen LogP contribution in [0.2, 0.25) is 0 Å². The van der Waals surface area contributed by atoms with E-state index in [0.717, 1.165) is 18.4 Å². The summed E-state index contributed by atoms with van der Waals surface area (Å²) in [5, 5.41) is 5.95. The molecule has 28 heavy (non-hydrogen) atoms. The summed E-state index contributed by atoms with van der Waals surface area (Å²) in [4.78, 5) is 27.1. The van der Waals surface area contributed by atoms with E-state index in [1.807, 2.05) is 35.2 Å². The molecule has 1 atom stereocenters. The van der Waals surface area contributed by atoms with Gasteiger partial charge in [-0.05, 0) is 24.5 Å². The zero-order valence-corrected chi connectivity index (χ0v) is 15.7. The fourth-order valence-electron chi connectivity index (χ4n) is 3.88. The fraction of sp³-hybridized carbons (Fsp3) is 0.364. The topological polar surface area (TPSA) is 61.4 Å². The zero-order chi connectivity index (χ0) is 19.6. The number of nitrogens with zero attached hydrogens (tertiary/aromatic N) is 1. The Labute approximate surface area is 163 Å². The van der Waals surface area contributed by atoms with Gasteiger partial charge in [-0.1, -0.05) is 48.5 Å². The van der Waals surface area contributed by atoms with Crippen molar-refractivity contribution in [2.24, 2.45) is 0 Å². The number of amides is 2. The molecule has 0 bridgehead atoms. The van der Waals surface area contributed by atoms with Gasteiger partial charge in [0.2, 0.25) is 11.8 Å². The minimum Gasteiger partial charge on any atom is -0.353 e. The monoisotopic (exact) mass is 381 g/mol. The molecule has 2 aromatic carbocycles. The van der Waals surface area contributed by atoms with Crippen LogP contribution in [0.3, 0.4) is 0 Å². The van der Waals surface area contributed by atoms with Crippen LogP contribution in [0.25, 0.3) is 0 Å². The van der Waals surface area contributed by atoms with Crippen molar-refractivity contribution < 1.29 is 14.0 Å². The minimum absolute atomic E-state index is 0.0644. The predicted molar refractivity (Wildman–Crippen MR) is 104 cm³/mol. The maximum atomic E-state index is 14.0. The van der Waals surface area contributed by atoms with Gasteiger partial charge >= 0.3 is 0 Å². The van der Waals surface area contributed by atoms with E-state index in [0.29, 0.717) is 25.2 Å². The molecule has 1 unspecified atom stereocenters. The summed E-state index contributed by atoms with van der Waals surface area (Å²) in [6, 6.07) is 15.9. The third-order valence-corrected chi connectivity index (χ3v) is 5.61. The van der Waals surface area contributed by atoms with Gasteiger partial charge in [0.1, 0.15) is 5.82 Å². The van der Waals surface area contributed by atoms with Crippen LogP contribution in [0.4, 0.5) is 4.39 Å². The minimum atomic E-state index is -0.597.